The largest absolute Gasteiger partial charge is 0.462 e. The Morgan fingerprint density at radius 1 is 0.889 bits per heavy atom. The smallest absolute Gasteiger partial charge is 0.306 e. The van der Waals surface area contributed by atoms with Crippen molar-refractivity contribution in [1.82, 2.24) is 0 Å². The molecule has 0 radical (unpaired) electrons. The van der Waals surface area contributed by atoms with Crippen molar-refractivity contribution in [2.75, 3.05) is 13.2 Å². The molecule has 158 valence electrons. The number of unbranched alkanes of at least 4 members (excludes halogenated alkanes) is 6. The summed E-state index contributed by atoms with van der Waals surface area (Å²) in [7, 11) is 0. The molecule has 0 aliphatic carbocycles. The third-order valence-electron chi connectivity index (χ3n) is 5.95. The van der Waals surface area contributed by atoms with Gasteiger partial charge >= 0.3 is 5.97 Å². The molecular formula is C23H42O4. The number of ether oxygens (including phenoxy) is 3. The van der Waals surface area contributed by atoms with Crippen LogP contribution < -0.4 is 0 Å². The van der Waals surface area contributed by atoms with E-state index in [-0.39, 0.29) is 12.1 Å². The third-order valence-corrected chi connectivity index (χ3v) is 5.95. The number of hydrogen-bond donors (Lipinski definition) is 0. The molecule has 2 aliphatic rings. The highest BCUT2D eigenvalue weighted by atomic mass is 16.5. The van der Waals surface area contributed by atoms with Crippen LogP contribution in [0.2, 0.25) is 0 Å². The van der Waals surface area contributed by atoms with Gasteiger partial charge in [-0.05, 0) is 57.8 Å². The lowest BCUT2D eigenvalue weighted by atomic mass is 10.0. The molecule has 0 aromatic rings. The van der Waals surface area contributed by atoms with Gasteiger partial charge in [0.2, 0.25) is 0 Å². The van der Waals surface area contributed by atoms with Crippen LogP contribution in [0.25, 0.3) is 0 Å². The molecule has 0 spiro atoms. The standard InChI is InChI=1S/C23H42O4/c1-2-3-4-5-6-7-8-13-23(24)27-22(16-14-20-11-9-18-25-20)17-15-21-12-10-19-26-21/h20-22H,2-19H2,1H3. The zero-order chi connectivity index (χ0) is 19.2. The summed E-state index contributed by atoms with van der Waals surface area (Å²) in [4.78, 5) is 12.3. The van der Waals surface area contributed by atoms with Crippen molar-refractivity contribution in [2.24, 2.45) is 0 Å². The fraction of sp³-hybridized carbons (Fsp3) is 0.957. The number of carbonyl (C=O) groups is 1. The molecule has 0 aromatic heterocycles. The Morgan fingerprint density at radius 3 is 1.96 bits per heavy atom. The van der Waals surface area contributed by atoms with E-state index in [1.54, 1.807) is 0 Å². The molecule has 0 amide bonds. The highest BCUT2D eigenvalue weighted by Gasteiger charge is 2.23. The molecule has 0 N–H and O–H groups in total. The van der Waals surface area contributed by atoms with Gasteiger partial charge in [0, 0.05) is 19.6 Å². The normalized spacial score (nSPS) is 23.6. The summed E-state index contributed by atoms with van der Waals surface area (Å²) in [6.07, 6.45) is 18.5. The van der Waals surface area contributed by atoms with Gasteiger partial charge < -0.3 is 14.2 Å². The summed E-state index contributed by atoms with van der Waals surface area (Å²) in [6.45, 7) is 4.02. The van der Waals surface area contributed by atoms with Gasteiger partial charge in [0.05, 0.1) is 12.2 Å². The molecule has 0 bridgehead atoms. The number of rotatable bonds is 15. The maximum Gasteiger partial charge on any atom is 0.306 e. The SMILES string of the molecule is CCCCCCCCCC(=O)OC(CCC1CCCO1)CCC1CCCO1. The topological polar surface area (TPSA) is 44.8 Å². The fourth-order valence-electron chi connectivity index (χ4n) is 4.22. The van der Waals surface area contributed by atoms with Gasteiger partial charge in [0.25, 0.3) is 0 Å². The van der Waals surface area contributed by atoms with Crippen molar-refractivity contribution in [3.05, 3.63) is 0 Å². The van der Waals surface area contributed by atoms with Gasteiger partial charge in [0.1, 0.15) is 6.10 Å². The first kappa shape index (κ1) is 22.7. The van der Waals surface area contributed by atoms with Crippen LogP contribution in [-0.4, -0.2) is 37.5 Å². The van der Waals surface area contributed by atoms with E-state index in [0.29, 0.717) is 18.6 Å². The van der Waals surface area contributed by atoms with Crippen molar-refractivity contribution >= 4 is 5.97 Å². The van der Waals surface area contributed by atoms with Crippen LogP contribution in [0.4, 0.5) is 0 Å². The first-order chi connectivity index (χ1) is 13.3. The van der Waals surface area contributed by atoms with Crippen LogP contribution in [0, 0.1) is 0 Å². The minimum Gasteiger partial charge on any atom is -0.462 e. The lowest BCUT2D eigenvalue weighted by molar-refractivity contribution is -0.150. The molecule has 2 heterocycles. The fourth-order valence-corrected chi connectivity index (χ4v) is 4.22. The second-order valence-corrected chi connectivity index (χ2v) is 8.41. The Hall–Kier alpha value is -0.610. The van der Waals surface area contributed by atoms with E-state index in [9.17, 15) is 4.79 Å². The van der Waals surface area contributed by atoms with Gasteiger partial charge in [-0.25, -0.2) is 0 Å². The van der Waals surface area contributed by atoms with Crippen molar-refractivity contribution in [2.45, 2.75) is 128 Å². The van der Waals surface area contributed by atoms with E-state index in [1.807, 2.05) is 0 Å². The van der Waals surface area contributed by atoms with Crippen molar-refractivity contribution in [1.29, 1.82) is 0 Å². The first-order valence-electron chi connectivity index (χ1n) is 11.7. The molecular weight excluding hydrogens is 340 g/mol. The molecule has 2 atom stereocenters. The van der Waals surface area contributed by atoms with Crippen LogP contribution in [-0.2, 0) is 19.0 Å². The van der Waals surface area contributed by atoms with E-state index >= 15 is 0 Å². The van der Waals surface area contributed by atoms with Crippen LogP contribution in [0.15, 0.2) is 0 Å². The van der Waals surface area contributed by atoms with Gasteiger partial charge in [-0.15, -0.1) is 0 Å². The molecule has 0 aromatic carbocycles. The van der Waals surface area contributed by atoms with Gasteiger partial charge in [-0.1, -0.05) is 45.4 Å². The Kier molecular flexibility index (Phi) is 12.1. The predicted octanol–water partition coefficient (Wildman–Crippen LogP) is 5.96. The zero-order valence-corrected chi connectivity index (χ0v) is 17.6. The second kappa shape index (κ2) is 14.4. The molecule has 4 nitrogen and oxygen atoms in total. The summed E-state index contributed by atoms with van der Waals surface area (Å²) < 4.78 is 17.3. The van der Waals surface area contributed by atoms with E-state index in [4.69, 9.17) is 14.2 Å². The van der Waals surface area contributed by atoms with E-state index in [1.165, 1.54) is 44.9 Å². The Bertz CT molecular complexity index is 353. The first-order valence-corrected chi connectivity index (χ1v) is 11.7. The Balaban J connectivity index is 1.61. The van der Waals surface area contributed by atoms with Gasteiger partial charge in [0.15, 0.2) is 0 Å². The lowest BCUT2D eigenvalue weighted by Crippen LogP contribution is -2.22. The molecule has 27 heavy (non-hydrogen) atoms. The molecule has 2 saturated heterocycles. The van der Waals surface area contributed by atoms with E-state index in [2.05, 4.69) is 6.92 Å². The number of carbonyl (C=O) groups excluding carboxylic acids is 1. The molecule has 2 rings (SSSR count). The van der Waals surface area contributed by atoms with E-state index in [0.717, 1.165) is 64.6 Å². The molecule has 4 heteroatoms. The van der Waals surface area contributed by atoms with Gasteiger partial charge in [-0.3, -0.25) is 4.79 Å². The predicted molar refractivity (Wildman–Crippen MR) is 109 cm³/mol. The van der Waals surface area contributed by atoms with Gasteiger partial charge in [-0.2, -0.15) is 0 Å². The zero-order valence-electron chi connectivity index (χ0n) is 17.6. The third kappa shape index (κ3) is 10.5. The second-order valence-electron chi connectivity index (χ2n) is 8.41. The van der Waals surface area contributed by atoms with Crippen LogP contribution in [0.1, 0.15) is 110 Å². The maximum absolute atomic E-state index is 12.3. The van der Waals surface area contributed by atoms with E-state index < -0.39 is 0 Å². The summed E-state index contributed by atoms with van der Waals surface area (Å²) in [5.74, 6) is -0.00626. The molecule has 2 fully saturated rings. The molecule has 2 aliphatic heterocycles. The number of hydrogen-bond acceptors (Lipinski definition) is 4. The average molecular weight is 383 g/mol. The quantitative estimate of drug-likeness (QED) is 0.259. The Labute approximate surface area is 166 Å². The van der Waals surface area contributed by atoms with Crippen molar-refractivity contribution < 1.29 is 19.0 Å². The minimum absolute atomic E-state index is 0.00626. The van der Waals surface area contributed by atoms with Crippen LogP contribution in [0.5, 0.6) is 0 Å². The minimum atomic E-state index is -0.00626. The van der Waals surface area contributed by atoms with Crippen LogP contribution >= 0.6 is 0 Å². The average Bonchev–Trinajstić information content (AvgIpc) is 3.37. The van der Waals surface area contributed by atoms with Crippen molar-refractivity contribution in [3.8, 4) is 0 Å². The highest BCUT2D eigenvalue weighted by Crippen LogP contribution is 2.24. The van der Waals surface area contributed by atoms with Crippen molar-refractivity contribution in [3.63, 3.8) is 0 Å². The lowest BCUT2D eigenvalue weighted by Gasteiger charge is -2.21. The highest BCUT2D eigenvalue weighted by molar-refractivity contribution is 5.69. The van der Waals surface area contributed by atoms with Crippen LogP contribution in [0.3, 0.4) is 0 Å². The summed E-state index contributed by atoms with van der Waals surface area (Å²) >= 11 is 0. The maximum atomic E-state index is 12.3. The summed E-state index contributed by atoms with van der Waals surface area (Å²) in [6, 6.07) is 0. The summed E-state index contributed by atoms with van der Waals surface area (Å²) in [5, 5.41) is 0. The number of esters is 1. The molecule has 2 unspecified atom stereocenters. The summed E-state index contributed by atoms with van der Waals surface area (Å²) in [5.41, 5.74) is 0. The monoisotopic (exact) mass is 382 g/mol. The molecule has 0 saturated carbocycles. The Morgan fingerprint density at radius 2 is 1.44 bits per heavy atom.